The molecule has 0 atom stereocenters. The van der Waals surface area contributed by atoms with Crippen LogP contribution in [0.1, 0.15) is 29.8 Å². The van der Waals surface area contributed by atoms with Gasteiger partial charge in [0.15, 0.2) is 11.5 Å². The number of phenolic OH excluding ortho intramolecular Hbond substituents is 1. The second kappa shape index (κ2) is 8.42. The van der Waals surface area contributed by atoms with E-state index in [1.165, 1.54) is 18.2 Å². The molecule has 2 aromatic carbocycles. The molecule has 0 aromatic heterocycles. The Morgan fingerprint density at radius 2 is 2.07 bits per heavy atom. The number of carbonyl (C=O) groups is 2. The zero-order valence-electron chi connectivity index (χ0n) is 15.4. The van der Waals surface area contributed by atoms with Crippen LogP contribution in [0, 0.1) is 3.57 Å². The number of hydrogen-bond donors (Lipinski definition) is 2. The maximum absolute atomic E-state index is 12.9. The summed E-state index contributed by atoms with van der Waals surface area (Å²) in [5.74, 6) is -1.22. The number of amides is 1. The molecule has 2 N–H and O–H groups in total. The first-order chi connectivity index (χ1) is 13.7. The van der Waals surface area contributed by atoms with E-state index in [0.717, 1.165) is 5.01 Å². The number of anilines is 1. The fourth-order valence-electron chi connectivity index (χ4n) is 2.78. The molecule has 0 fully saturated rings. The van der Waals surface area contributed by atoms with Gasteiger partial charge in [-0.2, -0.15) is 10.1 Å². The number of phenols is 1. The van der Waals surface area contributed by atoms with E-state index in [4.69, 9.17) is 16.3 Å². The van der Waals surface area contributed by atoms with Crippen LogP contribution in [0.4, 0.5) is 5.69 Å². The molecule has 1 amide bonds. The zero-order chi connectivity index (χ0) is 21.3. The number of rotatable bonds is 5. The number of benzene rings is 2. The number of aromatic carboxylic acids is 1. The van der Waals surface area contributed by atoms with Gasteiger partial charge in [0.1, 0.15) is 0 Å². The van der Waals surface area contributed by atoms with E-state index in [1.807, 2.05) is 29.5 Å². The Hall–Kier alpha value is -2.59. The van der Waals surface area contributed by atoms with E-state index in [2.05, 4.69) is 5.10 Å². The van der Waals surface area contributed by atoms with Gasteiger partial charge in [0, 0.05) is 0 Å². The number of ether oxygens (including phenoxy) is 1. The quantitative estimate of drug-likeness (QED) is 0.440. The van der Waals surface area contributed by atoms with E-state index in [1.54, 1.807) is 25.1 Å². The second-order valence-electron chi connectivity index (χ2n) is 6.11. The van der Waals surface area contributed by atoms with Crippen LogP contribution < -0.4 is 9.75 Å². The molecule has 0 unspecified atom stereocenters. The minimum atomic E-state index is -1.19. The molecule has 1 aliphatic heterocycles. The molecule has 7 nitrogen and oxygen atoms in total. The molecule has 29 heavy (non-hydrogen) atoms. The summed E-state index contributed by atoms with van der Waals surface area (Å²) >= 11 is 7.89. The summed E-state index contributed by atoms with van der Waals surface area (Å²) in [6.45, 7) is 3.88. The Kier molecular flexibility index (Phi) is 6.13. The van der Waals surface area contributed by atoms with Gasteiger partial charge in [-0.05, 0) is 78.4 Å². The molecule has 150 valence electrons. The average Bonchev–Trinajstić information content (AvgIpc) is 2.94. The number of aromatic hydroxyl groups is 1. The van der Waals surface area contributed by atoms with Gasteiger partial charge >= 0.3 is 5.97 Å². The van der Waals surface area contributed by atoms with Crippen molar-refractivity contribution in [2.75, 3.05) is 11.6 Å². The Balaban J connectivity index is 1.99. The van der Waals surface area contributed by atoms with Crippen molar-refractivity contribution in [2.24, 2.45) is 5.10 Å². The number of hydrogen-bond acceptors (Lipinski definition) is 5. The summed E-state index contributed by atoms with van der Waals surface area (Å²) in [6, 6.07) is 7.61. The summed E-state index contributed by atoms with van der Waals surface area (Å²) in [4.78, 5) is 24.2. The molecule has 9 heteroatoms. The van der Waals surface area contributed by atoms with E-state index < -0.39 is 11.9 Å². The normalized spacial score (nSPS) is 15.0. The molecular formula is C20H16ClIN2O5. The zero-order valence-corrected chi connectivity index (χ0v) is 18.4. The smallest absolute Gasteiger partial charge is 0.337 e. The van der Waals surface area contributed by atoms with Crippen molar-refractivity contribution < 1.29 is 24.5 Å². The second-order valence-corrected chi connectivity index (χ2v) is 7.68. The first-order valence-electron chi connectivity index (χ1n) is 8.52. The highest BCUT2D eigenvalue weighted by molar-refractivity contribution is 14.1. The van der Waals surface area contributed by atoms with Crippen molar-refractivity contribution in [3.05, 3.63) is 55.6 Å². The Morgan fingerprint density at radius 3 is 2.72 bits per heavy atom. The molecule has 3 rings (SSSR count). The van der Waals surface area contributed by atoms with Crippen molar-refractivity contribution >= 4 is 63.5 Å². The van der Waals surface area contributed by atoms with Crippen LogP contribution in [0.15, 0.2) is 41.0 Å². The highest BCUT2D eigenvalue weighted by atomic mass is 127. The van der Waals surface area contributed by atoms with Gasteiger partial charge < -0.3 is 14.9 Å². The number of halogens is 2. The molecule has 0 bridgehead atoms. The lowest BCUT2D eigenvalue weighted by Crippen LogP contribution is -2.21. The van der Waals surface area contributed by atoms with Crippen molar-refractivity contribution in [3.63, 3.8) is 0 Å². The van der Waals surface area contributed by atoms with Gasteiger partial charge in [-0.25, -0.2) is 4.79 Å². The number of nitrogens with zero attached hydrogens (tertiary/aromatic N) is 2. The highest BCUT2D eigenvalue weighted by Gasteiger charge is 2.29. The minimum Gasteiger partial charge on any atom is -0.504 e. The standard InChI is InChI=1S/C20H16ClIN2O5/c1-3-29-17-8-11(7-16(22)18(17)25)6-13-10(2)23-24(19(13)26)12-4-5-15(21)14(9-12)20(27)28/h4-9,25H,3H2,1-2H3,(H,27,28)/b13-6+. The number of carboxylic acid groups (broad SMARTS) is 1. The maximum atomic E-state index is 12.9. The SMILES string of the molecule is CCOc1cc(/C=C2/C(=O)N(c3ccc(Cl)c(C(=O)O)c3)N=C2C)cc(I)c1O. The van der Waals surface area contributed by atoms with Crippen molar-refractivity contribution in [1.29, 1.82) is 0 Å². The Labute approximate surface area is 185 Å². The average molecular weight is 527 g/mol. The first-order valence-corrected chi connectivity index (χ1v) is 9.98. The largest absolute Gasteiger partial charge is 0.504 e. The first kappa shape index (κ1) is 21.1. The van der Waals surface area contributed by atoms with Crippen LogP contribution in [0.25, 0.3) is 6.08 Å². The topological polar surface area (TPSA) is 99.4 Å². The molecule has 1 aliphatic rings. The molecule has 0 spiro atoms. The van der Waals surface area contributed by atoms with Crippen LogP contribution in [-0.2, 0) is 4.79 Å². The predicted octanol–water partition coefficient (Wildman–Crippen LogP) is 4.55. The summed E-state index contributed by atoms with van der Waals surface area (Å²) in [5, 5.41) is 24.8. The molecule has 0 aliphatic carbocycles. The van der Waals surface area contributed by atoms with Crippen LogP contribution in [0.5, 0.6) is 11.5 Å². The maximum Gasteiger partial charge on any atom is 0.337 e. The third-order valence-electron chi connectivity index (χ3n) is 4.15. The highest BCUT2D eigenvalue weighted by Crippen LogP contribution is 2.34. The van der Waals surface area contributed by atoms with Crippen molar-refractivity contribution in [3.8, 4) is 11.5 Å². The van der Waals surface area contributed by atoms with E-state index in [-0.39, 0.29) is 16.3 Å². The van der Waals surface area contributed by atoms with Gasteiger partial charge in [0.2, 0.25) is 0 Å². The van der Waals surface area contributed by atoms with E-state index in [9.17, 15) is 19.8 Å². The fraction of sp³-hybridized carbons (Fsp3) is 0.150. The lowest BCUT2D eigenvalue weighted by molar-refractivity contribution is -0.114. The molecule has 2 aromatic rings. The summed E-state index contributed by atoms with van der Waals surface area (Å²) in [6.07, 6.45) is 1.65. The third-order valence-corrected chi connectivity index (χ3v) is 5.30. The minimum absolute atomic E-state index is 0.0433. The van der Waals surface area contributed by atoms with E-state index >= 15 is 0 Å². The van der Waals surface area contributed by atoms with Gasteiger partial charge in [-0.15, -0.1) is 0 Å². The lowest BCUT2D eigenvalue weighted by atomic mass is 10.1. The fourth-order valence-corrected chi connectivity index (χ4v) is 3.60. The van der Waals surface area contributed by atoms with Crippen LogP contribution in [0.3, 0.4) is 0 Å². The Morgan fingerprint density at radius 1 is 1.34 bits per heavy atom. The monoisotopic (exact) mass is 526 g/mol. The van der Waals surface area contributed by atoms with Crippen LogP contribution >= 0.6 is 34.2 Å². The van der Waals surface area contributed by atoms with Gasteiger partial charge in [-0.1, -0.05) is 11.6 Å². The van der Waals surface area contributed by atoms with Crippen LogP contribution in [0.2, 0.25) is 5.02 Å². The van der Waals surface area contributed by atoms with Crippen molar-refractivity contribution in [1.82, 2.24) is 0 Å². The van der Waals surface area contributed by atoms with Gasteiger partial charge in [0.25, 0.3) is 5.91 Å². The molecule has 0 saturated carbocycles. The lowest BCUT2D eigenvalue weighted by Gasteiger charge is -2.13. The summed E-state index contributed by atoms with van der Waals surface area (Å²) in [7, 11) is 0. The van der Waals surface area contributed by atoms with Gasteiger partial charge in [0.05, 0.1) is 37.7 Å². The molecule has 1 heterocycles. The Bertz CT molecular complexity index is 1080. The van der Waals surface area contributed by atoms with Gasteiger partial charge in [-0.3, -0.25) is 4.79 Å². The third kappa shape index (κ3) is 4.23. The van der Waals surface area contributed by atoms with Crippen molar-refractivity contribution in [2.45, 2.75) is 13.8 Å². The molecular weight excluding hydrogens is 511 g/mol. The summed E-state index contributed by atoms with van der Waals surface area (Å²) < 4.78 is 6.02. The van der Waals surface area contributed by atoms with E-state index in [0.29, 0.717) is 38.5 Å². The predicted molar refractivity (Wildman–Crippen MR) is 119 cm³/mol. The number of carbonyl (C=O) groups excluding carboxylic acids is 1. The molecule has 0 saturated heterocycles. The molecule has 0 radical (unpaired) electrons. The summed E-state index contributed by atoms with van der Waals surface area (Å²) in [5.41, 5.74) is 1.67. The number of hydrazone groups is 1. The van der Waals surface area contributed by atoms with Crippen LogP contribution in [-0.4, -0.2) is 34.4 Å². The number of carboxylic acids is 1.